The first-order chi connectivity index (χ1) is 13.2. The maximum Gasteiger partial charge on any atom is 0.269 e. The highest BCUT2D eigenvalue weighted by atomic mass is 16.5. The Balaban J connectivity index is 1.52. The third-order valence-corrected chi connectivity index (χ3v) is 4.43. The fourth-order valence-corrected chi connectivity index (χ4v) is 2.98. The first-order valence-corrected chi connectivity index (χ1v) is 8.96. The van der Waals surface area contributed by atoms with Crippen molar-refractivity contribution in [2.45, 2.75) is 13.0 Å². The zero-order valence-electron chi connectivity index (χ0n) is 15.4. The fraction of sp³-hybridized carbons (Fsp3) is 0.421. The molecule has 144 valence electrons. The predicted octanol–water partition coefficient (Wildman–Crippen LogP) is 0.447. The molecule has 1 N–H and O–H groups in total. The normalized spacial score (nSPS) is 14.0. The Morgan fingerprint density at radius 2 is 2.07 bits per heavy atom. The van der Waals surface area contributed by atoms with Gasteiger partial charge in [-0.25, -0.2) is 4.68 Å². The van der Waals surface area contributed by atoms with Gasteiger partial charge in [0.15, 0.2) is 0 Å². The molecule has 1 amide bonds. The highest BCUT2D eigenvalue weighted by Gasteiger charge is 2.13. The molecule has 0 radical (unpaired) electrons. The number of amides is 1. The minimum atomic E-state index is -0.293. The van der Waals surface area contributed by atoms with Gasteiger partial charge in [0.1, 0.15) is 12.3 Å². The monoisotopic (exact) mass is 372 g/mol. The topological polar surface area (TPSA) is 85.7 Å². The summed E-state index contributed by atoms with van der Waals surface area (Å²) < 4.78 is 11.8. The number of nitrogens with one attached hydrogen (secondary N) is 1. The molecule has 8 nitrogen and oxygen atoms in total. The number of carbonyl (C=O) groups excluding carboxylic acids is 1. The van der Waals surface area contributed by atoms with Crippen LogP contribution in [-0.4, -0.2) is 55.6 Å². The number of benzene rings is 1. The number of nitrogens with zero attached hydrogens (tertiary/aromatic N) is 3. The molecule has 1 fully saturated rings. The van der Waals surface area contributed by atoms with E-state index in [2.05, 4.69) is 15.3 Å². The molecule has 1 aromatic carbocycles. The Bertz CT molecular complexity index is 830. The summed E-state index contributed by atoms with van der Waals surface area (Å²) in [5.74, 6) is 0.543. The van der Waals surface area contributed by atoms with Crippen molar-refractivity contribution >= 4 is 11.6 Å². The lowest BCUT2D eigenvalue weighted by molar-refractivity contribution is -0.121. The molecule has 0 aliphatic carbocycles. The predicted molar refractivity (Wildman–Crippen MR) is 101 cm³/mol. The summed E-state index contributed by atoms with van der Waals surface area (Å²) in [5, 5.41) is 6.94. The number of anilines is 1. The number of hydrogen-bond donors (Lipinski definition) is 1. The lowest BCUT2D eigenvalue weighted by Gasteiger charge is -2.28. The molecule has 2 heterocycles. The molecular weight excluding hydrogens is 348 g/mol. The maximum absolute atomic E-state index is 12.2. The van der Waals surface area contributed by atoms with Crippen molar-refractivity contribution in [3.63, 3.8) is 0 Å². The van der Waals surface area contributed by atoms with Crippen molar-refractivity contribution in [3.05, 3.63) is 52.4 Å². The van der Waals surface area contributed by atoms with Gasteiger partial charge < -0.3 is 19.7 Å². The molecule has 2 aromatic rings. The minimum Gasteiger partial charge on any atom is -0.496 e. The summed E-state index contributed by atoms with van der Waals surface area (Å²) in [4.78, 5) is 26.4. The number of para-hydroxylation sites is 1. The van der Waals surface area contributed by atoms with Gasteiger partial charge in [0.05, 0.1) is 32.2 Å². The fourth-order valence-electron chi connectivity index (χ4n) is 2.98. The highest BCUT2D eigenvalue weighted by molar-refractivity contribution is 5.75. The quantitative estimate of drug-likeness (QED) is 0.759. The van der Waals surface area contributed by atoms with E-state index in [-0.39, 0.29) is 18.0 Å². The summed E-state index contributed by atoms with van der Waals surface area (Å²) in [6.07, 6.45) is 2.27. The summed E-state index contributed by atoms with van der Waals surface area (Å²) in [6, 6.07) is 9.19. The highest BCUT2D eigenvalue weighted by Crippen LogP contribution is 2.17. The average Bonchev–Trinajstić information content (AvgIpc) is 2.70. The van der Waals surface area contributed by atoms with Crippen LogP contribution in [-0.2, 0) is 22.5 Å². The molecule has 1 aliphatic heterocycles. The van der Waals surface area contributed by atoms with Gasteiger partial charge in [0, 0.05) is 25.7 Å². The molecule has 1 aliphatic rings. The van der Waals surface area contributed by atoms with Gasteiger partial charge in [-0.2, -0.15) is 5.10 Å². The van der Waals surface area contributed by atoms with E-state index in [4.69, 9.17) is 9.47 Å². The summed E-state index contributed by atoms with van der Waals surface area (Å²) >= 11 is 0. The lowest BCUT2D eigenvalue weighted by Crippen LogP contribution is -2.38. The molecule has 0 saturated carbocycles. The second-order valence-electron chi connectivity index (χ2n) is 6.22. The van der Waals surface area contributed by atoms with Crippen LogP contribution in [0.1, 0.15) is 5.56 Å². The van der Waals surface area contributed by atoms with Gasteiger partial charge in [-0.05, 0) is 18.1 Å². The van der Waals surface area contributed by atoms with Crippen LogP contribution < -0.4 is 20.5 Å². The van der Waals surface area contributed by atoms with Gasteiger partial charge in [-0.3, -0.25) is 9.59 Å². The molecule has 8 heteroatoms. The Hall–Kier alpha value is -2.87. The van der Waals surface area contributed by atoms with Gasteiger partial charge >= 0.3 is 0 Å². The zero-order valence-corrected chi connectivity index (χ0v) is 15.4. The van der Waals surface area contributed by atoms with E-state index in [1.807, 2.05) is 24.3 Å². The first-order valence-electron chi connectivity index (χ1n) is 8.96. The van der Waals surface area contributed by atoms with Crippen molar-refractivity contribution in [1.29, 1.82) is 0 Å². The van der Waals surface area contributed by atoms with Gasteiger partial charge in [0.25, 0.3) is 5.56 Å². The van der Waals surface area contributed by atoms with E-state index in [9.17, 15) is 9.59 Å². The third kappa shape index (κ3) is 5.07. The maximum atomic E-state index is 12.2. The molecule has 1 aromatic heterocycles. The van der Waals surface area contributed by atoms with Gasteiger partial charge in [0.2, 0.25) is 5.91 Å². The number of morpholine rings is 1. The smallest absolute Gasteiger partial charge is 0.269 e. The van der Waals surface area contributed by atoms with Crippen LogP contribution in [0.2, 0.25) is 0 Å². The summed E-state index contributed by atoms with van der Waals surface area (Å²) in [7, 11) is 1.62. The molecule has 0 spiro atoms. The number of methoxy groups -OCH3 is 1. The van der Waals surface area contributed by atoms with E-state index >= 15 is 0 Å². The van der Waals surface area contributed by atoms with Crippen LogP contribution in [0.5, 0.6) is 5.75 Å². The number of carbonyl (C=O) groups is 1. The van der Waals surface area contributed by atoms with Crippen LogP contribution >= 0.6 is 0 Å². The van der Waals surface area contributed by atoms with Crippen LogP contribution in [0.4, 0.5) is 5.69 Å². The first kappa shape index (κ1) is 18.9. The SMILES string of the molecule is COc1ccccc1CCNC(=O)Cn1ncc(N2CCOCC2)cc1=O. The van der Waals surface area contributed by atoms with Gasteiger partial charge in [-0.15, -0.1) is 0 Å². The second kappa shape index (κ2) is 9.18. The standard InChI is InChI=1S/C19H24N4O4/c1-26-17-5-3-2-4-15(17)6-7-20-18(24)14-23-19(25)12-16(13-21-23)22-8-10-27-11-9-22/h2-5,12-13H,6-11,14H2,1H3,(H,20,24). The van der Waals surface area contributed by atoms with Crippen LogP contribution in [0, 0.1) is 0 Å². The average molecular weight is 372 g/mol. The summed E-state index contributed by atoms with van der Waals surface area (Å²) in [5.41, 5.74) is 1.49. The van der Waals surface area contributed by atoms with Crippen LogP contribution in [0.15, 0.2) is 41.3 Å². The Morgan fingerprint density at radius 3 is 2.81 bits per heavy atom. The Labute approximate surface area is 157 Å². The van der Waals surface area contributed by atoms with E-state index in [1.165, 1.54) is 10.7 Å². The second-order valence-corrected chi connectivity index (χ2v) is 6.22. The van der Waals surface area contributed by atoms with Crippen molar-refractivity contribution in [2.24, 2.45) is 0 Å². The van der Waals surface area contributed by atoms with E-state index < -0.39 is 0 Å². The molecule has 0 atom stereocenters. The lowest BCUT2D eigenvalue weighted by atomic mass is 10.1. The van der Waals surface area contributed by atoms with Crippen molar-refractivity contribution in [2.75, 3.05) is 44.9 Å². The molecule has 27 heavy (non-hydrogen) atoms. The number of aromatic nitrogens is 2. The van der Waals surface area contributed by atoms with Gasteiger partial charge in [-0.1, -0.05) is 18.2 Å². The van der Waals surface area contributed by atoms with E-state index in [0.29, 0.717) is 26.2 Å². The molecular formula is C19H24N4O4. The Kier molecular flexibility index (Phi) is 6.43. The molecule has 3 rings (SSSR count). The van der Waals surface area contributed by atoms with Crippen LogP contribution in [0.3, 0.4) is 0 Å². The summed E-state index contributed by atoms with van der Waals surface area (Å²) in [6.45, 7) is 3.09. The molecule has 0 unspecified atom stereocenters. The Morgan fingerprint density at radius 1 is 1.30 bits per heavy atom. The minimum absolute atomic E-state index is 0.103. The zero-order chi connectivity index (χ0) is 19.1. The van der Waals surface area contributed by atoms with Crippen molar-refractivity contribution < 1.29 is 14.3 Å². The number of rotatable bonds is 7. The molecule has 1 saturated heterocycles. The van der Waals surface area contributed by atoms with Crippen molar-refractivity contribution in [3.8, 4) is 5.75 Å². The number of hydrogen-bond acceptors (Lipinski definition) is 6. The third-order valence-electron chi connectivity index (χ3n) is 4.43. The largest absolute Gasteiger partial charge is 0.496 e. The van der Waals surface area contributed by atoms with E-state index in [0.717, 1.165) is 30.1 Å². The molecule has 0 bridgehead atoms. The van der Waals surface area contributed by atoms with Crippen LogP contribution in [0.25, 0.3) is 0 Å². The van der Waals surface area contributed by atoms with E-state index in [1.54, 1.807) is 13.3 Å². The number of ether oxygens (including phenoxy) is 2. The van der Waals surface area contributed by atoms with Crippen molar-refractivity contribution in [1.82, 2.24) is 15.1 Å².